The molecule has 0 aliphatic rings. The summed E-state index contributed by atoms with van der Waals surface area (Å²) in [6, 6.07) is 0. The number of nitrogens with zero attached hydrogens (tertiary/aromatic N) is 1. The fraction of sp³-hybridized carbons (Fsp3) is 0.787. The zero-order valence-electron chi connectivity index (χ0n) is 37.0. The lowest BCUT2D eigenvalue weighted by Gasteiger charge is -2.20. The Morgan fingerprint density at radius 1 is 0.544 bits per heavy atom. The van der Waals surface area contributed by atoms with Crippen LogP contribution in [0.3, 0.4) is 0 Å². The standard InChI is InChI=1S/C47H86NO8P/c1-5-7-9-11-13-15-17-19-21-23-25-27-29-31-33-35-37-39-46(49)53-43-45(44-55-57(51,52)54-42-41-48(3)4)56-47(50)40-38-36-34-32-30-28-26-24-22-20-18-16-14-12-10-8-6-2/h14,16,19-22,26,28,45H,5-13,15,17-18,23-25,27,29-44H2,1-4H3,(H,51,52)/b16-14-,21-19-,22-20-,28-26-. The molecule has 0 saturated carbocycles. The van der Waals surface area contributed by atoms with Gasteiger partial charge in [0.05, 0.1) is 13.2 Å². The fourth-order valence-corrected chi connectivity index (χ4v) is 6.78. The van der Waals surface area contributed by atoms with Crippen LogP contribution in [0.4, 0.5) is 0 Å². The lowest BCUT2D eigenvalue weighted by Crippen LogP contribution is -2.29. The van der Waals surface area contributed by atoms with Gasteiger partial charge in [0, 0.05) is 19.4 Å². The minimum Gasteiger partial charge on any atom is -0.462 e. The van der Waals surface area contributed by atoms with E-state index in [2.05, 4.69) is 62.5 Å². The second-order valence-corrected chi connectivity index (χ2v) is 17.0. The number of hydrogen-bond acceptors (Lipinski definition) is 8. The Morgan fingerprint density at radius 2 is 0.947 bits per heavy atom. The van der Waals surface area contributed by atoms with Gasteiger partial charge in [-0.2, -0.15) is 0 Å². The first-order valence-corrected chi connectivity index (χ1v) is 24.4. The molecule has 0 radical (unpaired) electrons. The first kappa shape index (κ1) is 55.0. The summed E-state index contributed by atoms with van der Waals surface area (Å²) in [6.07, 6.45) is 47.2. The van der Waals surface area contributed by atoms with Crippen molar-refractivity contribution in [3.8, 4) is 0 Å². The molecule has 10 heteroatoms. The summed E-state index contributed by atoms with van der Waals surface area (Å²) < 4.78 is 33.5. The monoisotopic (exact) mass is 824 g/mol. The Labute approximate surface area is 350 Å². The third-order valence-electron chi connectivity index (χ3n) is 9.61. The van der Waals surface area contributed by atoms with Crippen molar-refractivity contribution in [3.05, 3.63) is 48.6 Å². The van der Waals surface area contributed by atoms with Crippen molar-refractivity contribution in [2.45, 2.75) is 200 Å². The molecule has 0 bridgehead atoms. The van der Waals surface area contributed by atoms with Gasteiger partial charge in [-0.05, 0) is 91.1 Å². The number of phosphoric acid groups is 1. The van der Waals surface area contributed by atoms with E-state index in [0.717, 1.165) is 70.6 Å². The highest BCUT2D eigenvalue weighted by Crippen LogP contribution is 2.43. The highest BCUT2D eigenvalue weighted by Gasteiger charge is 2.26. The third-order valence-corrected chi connectivity index (χ3v) is 10.6. The first-order valence-electron chi connectivity index (χ1n) is 22.9. The first-order chi connectivity index (χ1) is 27.7. The summed E-state index contributed by atoms with van der Waals surface area (Å²) in [6.45, 7) is 4.26. The molecular weight excluding hydrogens is 737 g/mol. The molecule has 57 heavy (non-hydrogen) atoms. The van der Waals surface area contributed by atoms with Crippen LogP contribution < -0.4 is 0 Å². The van der Waals surface area contributed by atoms with E-state index in [1.165, 1.54) is 89.9 Å². The molecule has 0 aliphatic carbocycles. The van der Waals surface area contributed by atoms with Gasteiger partial charge in [-0.3, -0.25) is 18.6 Å². The number of carbonyl (C=O) groups is 2. The van der Waals surface area contributed by atoms with Crippen LogP contribution in [0.15, 0.2) is 48.6 Å². The number of carbonyl (C=O) groups excluding carboxylic acids is 2. The van der Waals surface area contributed by atoms with Crippen molar-refractivity contribution in [2.75, 3.05) is 40.5 Å². The van der Waals surface area contributed by atoms with Gasteiger partial charge >= 0.3 is 19.8 Å². The van der Waals surface area contributed by atoms with Crippen LogP contribution in [0.2, 0.25) is 0 Å². The minimum atomic E-state index is -4.37. The summed E-state index contributed by atoms with van der Waals surface area (Å²) >= 11 is 0. The van der Waals surface area contributed by atoms with Gasteiger partial charge in [-0.15, -0.1) is 0 Å². The maximum absolute atomic E-state index is 12.7. The van der Waals surface area contributed by atoms with Gasteiger partial charge in [0.15, 0.2) is 6.10 Å². The van der Waals surface area contributed by atoms with Crippen molar-refractivity contribution >= 4 is 19.8 Å². The van der Waals surface area contributed by atoms with Crippen molar-refractivity contribution in [2.24, 2.45) is 0 Å². The average molecular weight is 824 g/mol. The van der Waals surface area contributed by atoms with E-state index in [1.54, 1.807) is 0 Å². The second-order valence-electron chi connectivity index (χ2n) is 15.6. The topological polar surface area (TPSA) is 112 Å². The SMILES string of the molecule is CCCCC/C=C\C/C=C\C/C=C\CCCCCCC(=O)OC(COC(=O)CCCCCCCCC/C=C\CCCCCCCC)COP(=O)(O)OCCN(C)C. The van der Waals surface area contributed by atoms with Gasteiger partial charge < -0.3 is 19.3 Å². The van der Waals surface area contributed by atoms with Crippen LogP contribution in [0, 0.1) is 0 Å². The van der Waals surface area contributed by atoms with E-state index >= 15 is 0 Å². The molecule has 0 rings (SSSR count). The largest absolute Gasteiger partial charge is 0.472 e. The fourth-order valence-electron chi connectivity index (χ4n) is 6.04. The predicted octanol–water partition coefficient (Wildman–Crippen LogP) is 13.3. The Balaban J connectivity index is 4.31. The summed E-state index contributed by atoms with van der Waals surface area (Å²) in [5.41, 5.74) is 0. The number of ether oxygens (including phenoxy) is 2. The third kappa shape index (κ3) is 43.4. The molecule has 9 nitrogen and oxygen atoms in total. The van der Waals surface area contributed by atoms with Crippen LogP contribution in [-0.4, -0.2) is 68.3 Å². The molecular formula is C47H86NO8P. The molecule has 0 aromatic heterocycles. The number of allylic oxidation sites excluding steroid dienone is 8. The molecule has 0 amide bonds. The summed E-state index contributed by atoms with van der Waals surface area (Å²) in [7, 11) is -0.728. The van der Waals surface area contributed by atoms with E-state index in [9.17, 15) is 19.0 Å². The van der Waals surface area contributed by atoms with Crippen LogP contribution in [0.1, 0.15) is 194 Å². The van der Waals surface area contributed by atoms with Crippen molar-refractivity contribution in [1.82, 2.24) is 4.90 Å². The maximum Gasteiger partial charge on any atom is 0.472 e. The minimum absolute atomic E-state index is 0.000876. The van der Waals surface area contributed by atoms with Crippen molar-refractivity contribution in [3.63, 3.8) is 0 Å². The molecule has 0 aromatic rings. The summed E-state index contributed by atoms with van der Waals surface area (Å²) in [5.74, 6) is -0.832. The Bertz CT molecular complexity index is 1090. The predicted molar refractivity (Wildman–Crippen MR) is 238 cm³/mol. The average Bonchev–Trinajstić information content (AvgIpc) is 3.18. The van der Waals surface area contributed by atoms with Gasteiger partial charge in [0.25, 0.3) is 0 Å². The number of esters is 2. The molecule has 0 aliphatic heterocycles. The Hall–Kier alpha value is -2.03. The van der Waals surface area contributed by atoms with Gasteiger partial charge in [0.2, 0.25) is 0 Å². The number of unbranched alkanes of at least 4 members (excludes halogenated alkanes) is 20. The zero-order chi connectivity index (χ0) is 41.9. The molecule has 332 valence electrons. The normalized spacial score (nSPS) is 13.8. The Kier molecular flexibility index (Phi) is 40.6. The molecule has 0 spiro atoms. The number of rotatable bonds is 42. The number of phosphoric ester groups is 1. The van der Waals surface area contributed by atoms with E-state index in [-0.39, 0.29) is 32.0 Å². The lowest BCUT2D eigenvalue weighted by molar-refractivity contribution is -0.161. The maximum atomic E-state index is 12.7. The smallest absolute Gasteiger partial charge is 0.462 e. The highest BCUT2D eigenvalue weighted by atomic mass is 31.2. The van der Waals surface area contributed by atoms with E-state index in [0.29, 0.717) is 13.0 Å². The molecule has 0 heterocycles. The van der Waals surface area contributed by atoms with Crippen LogP contribution in [0.5, 0.6) is 0 Å². The van der Waals surface area contributed by atoms with Gasteiger partial charge in [0.1, 0.15) is 6.61 Å². The quantitative estimate of drug-likeness (QED) is 0.0278. The highest BCUT2D eigenvalue weighted by molar-refractivity contribution is 7.47. The second kappa shape index (κ2) is 42.1. The van der Waals surface area contributed by atoms with Gasteiger partial charge in [-0.25, -0.2) is 4.57 Å². The summed E-state index contributed by atoms with van der Waals surface area (Å²) in [4.78, 5) is 37.1. The number of likely N-dealkylation sites (N-methyl/N-ethyl adjacent to an activating group) is 1. The van der Waals surface area contributed by atoms with Gasteiger partial charge in [-0.1, -0.05) is 152 Å². The van der Waals surface area contributed by atoms with Crippen LogP contribution >= 0.6 is 7.82 Å². The van der Waals surface area contributed by atoms with E-state index < -0.39 is 26.5 Å². The summed E-state index contributed by atoms with van der Waals surface area (Å²) in [5, 5.41) is 0. The molecule has 0 saturated heterocycles. The van der Waals surface area contributed by atoms with Crippen LogP contribution in [-0.2, 0) is 32.7 Å². The van der Waals surface area contributed by atoms with Crippen LogP contribution in [0.25, 0.3) is 0 Å². The van der Waals surface area contributed by atoms with E-state index in [4.69, 9.17) is 18.5 Å². The van der Waals surface area contributed by atoms with Crippen molar-refractivity contribution in [1.29, 1.82) is 0 Å². The molecule has 0 aromatic carbocycles. The molecule has 1 N–H and O–H groups in total. The van der Waals surface area contributed by atoms with E-state index in [1.807, 2.05) is 19.0 Å². The molecule has 2 atom stereocenters. The lowest BCUT2D eigenvalue weighted by atomic mass is 10.1. The molecule has 2 unspecified atom stereocenters. The van der Waals surface area contributed by atoms with Crippen molar-refractivity contribution < 1.29 is 37.6 Å². The molecule has 0 fully saturated rings. The zero-order valence-corrected chi connectivity index (χ0v) is 37.9. The Morgan fingerprint density at radius 3 is 1.46 bits per heavy atom. The number of hydrogen-bond donors (Lipinski definition) is 1.